The summed E-state index contributed by atoms with van der Waals surface area (Å²) in [6.07, 6.45) is 4.85. The molecule has 6 nitrogen and oxygen atoms in total. The van der Waals surface area contributed by atoms with E-state index in [1.807, 2.05) is 0 Å². The van der Waals surface area contributed by atoms with Gasteiger partial charge in [-0.2, -0.15) is 0 Å². The summed E-state index contributed by atoms with van der Waals surface area (Å²) in [7, 11) is 0. The number of ether oxygens (including phenoxy) is 1. The number of hydrogen-bond donors (Lipinski definition) is 2. The lowest BCUT2D eigenvalue weighted by atomic mass is 9.79. The number of halogens is 1. The molecule has 0 aromatic carbocycles. The molecule has 0 aromatic heterocycles. The number of piperidine rings is 1. The quantitative estimate of drug-likeness (QED) is 0.417. The maximum atomic E-state index is 11.7. The standard InChI is InChI=1S/C13H24N4O2.HI/c14-11(18)13(4-8-19-9-5-13)10-16-12(15)17-6-2-1-3-7-17;/h1-10H2,(H2,14,18)(H2,15,16);1H. The zero-order chi connectivity index (χ0) is 13.7. The normalized spacial score (nSPS) is 23.0. The molecule has 0 spiro atoms. The first kappa shape index (κ1) is 17.5. The van der Waals surface area contributed by atoms with Gasteiger partial charge >= 0.3 is 0 Å². The highest BCUT2D eigenvalue weighted by Crippen LogP contribution is 2.30. The van der Waals surface area contributed by atoms with Crippen molar-refractivity contribution in [3.63, 3.8) is 0 Å². The van der Waals surface area contributed by atoms with E-state index in [-0.39, 0.29) is 29.9 Å². The van der Waals surface area contributed by atoms with Crippen LogP contribution in [0.3, 0.4) is 0 Å². The van der Waals surface area contributed by atoms with Crippen molar-refractivity contribution in [3.05, 3.63) is 0 Å². The van der Waals surface area contributed by atoms with Gasteiger partial charge in [0.1, 0.15) is 0 Å². The molecule has 116 valence electrons. The van der Waals surface area contributed by atoms with Crippen molar-refractivity contribution in [3.8, 4) is 0 Å². The van der Waals surface area contributed by atoms with E-state index in [2.05, 4.69) is 9.89 Å². The van der Waals surface area contributed by atoms with Crippen LogP contribution in [0, 0.1) is 5.41 Å². The van der Waals surface area contributed by atoms with Gasteiger partial charge in [0, 0.05) is 26.3 Å². The Morgan fingerprint density at radius 1 is 1.15 bits per heavy atom. The number of likely N-dealkylation sites (tertiary alicyclic amines) is 1. The fourth-order valence-electron chi connectivity index (χ4n) is 2.70. The van der Waals surface area contributed by atoms with Crippen LogP contribution in [0.15, 0.2) is 4.99 Å². The third kappa shape index (κ3) is 4.21. The van der Waals surface area contributed by atoms with Crippen LogP contribution in [0.5, 0.6) is 0 Å². The van der Waals surface area contributed by atoms with Crippen LogP contribution in [0.1, 0.15) is 32.1 Å². The van der Waals surface area contributed by atoms with Crippen LogP contribution in [0.2, 0.25) is 0 Å². The molecular weight excluding hydrogens is 371 g/mol. The number of carbonyl (C=O) groups excluding carboxylic acids is 1. The summed E-state index contributed by atoms with van der Waals surface area (Å²) in [6.45, 7) is 3.45. The molecule has 0 atom stereocenters. The smallest absolute Gasteiger partial charge is 0.225 e. The van der Waals surface area contributed by atoms with Gasteiger partial charge < -0.3 is 21.1 Å². The summed E-state index contributed by atoms with van der Waals surface area (Å²) in [5.74, 6) is 0.262. The molecule has 2 heterocycles. The maximum Gasteiger partial charge on any atom is 0.225 e. The van der Waals surface area contributed by atoms with Crippen molar-refractivity contribution in [2.24, 2.45) is 21.9 Å². The largest absolute Gasteiger partial charge is 0.381 e. The Kier molecular flexibility index (Phi) is 7.01. The molecule has 0 unspecified atom stereocenters. The maximum absolute atomic E-state index is 11.7. The molecule has 0 radical (unpaired) electrons. The van der Waals surface area contributed by atoms with E-state index in [1.165, 1.54) is 6.42 Å². The van der Waals surface area contributed by atoms with E-state index in [0.29, 0.717) is 38.6 Å². The molecule has 2 aliphatic rings. The topological polar surface area (TPSA) is 93.9 Å². The number of rotatable bonds is 3. The zero-order valence-electron chi connectivity index (χ0n) is 11.8. The van der Waals surface area contributed by atoms with Crippen LogP contribution in [0.4, 0.5) is 0 Å². The molecule has 20 heavy (non-hydrogen) atoms. The Bertz CT molecular complexity index is 350. The van der Waals surface area contributed by atoms with Crippen molar-refractivity contribution in [1.29, 1.82) is 0 Å². The van der Waals surface area contributed by atoms with Gasteiger partial charge in [-0.15, -0.1) is 24.0 Å². The second-order valence-corrected chi connectivity index (χ2v) is 5.48. The molecule has 2 saturated heterocycles. The Morgan fingerprint density at radius 2 is 1.75 bits per heavy atom. The minimum Gasteiger partial charge on any atom is -0.381 e. The fourth-order valence-corrected chi connectivity index (χ4v) is 2.70. The van der Waals surface area contributed by atoms with Gasteiger partial charge in [-0.3, -0.25) is 9.79 Å². The van der Waals surface area contributed by atoms with E-state index in [1.54, 1.807) is 0 Å². The van der Waals surface area contributed by atoms with E-state index in [9.17, 15) is 4.79 Å². The van der Waals surface area contributed by atoms with Gasteiger partial charge in [0.15, 0.2) is 5.96 Å². The Morgan fingerprint density at radius 3 is 2.30 bits per heavy atom. The lowest BCUT2D eigenvalue weighted by Gasteiger charge is -2.33. The van der Waals surface area contributed by atoms with E-state index in [4.69, 9.17) is 16.2 Å². The minimum atomic E-state index is -0.571. The SMILES string of the molecule is I.NC(=O)C1(CN=C(N)N2CCCCC2)CCOCC1. The third-order valence-corrected chi connectivity index (χ3v) is 4.20. The summed E-state index contributed by atoms with van der Waals surface area (Å²) < 4.78 is 5.30. The Hall–Kier alpha value is -0.570. The molecular formula is C13H25IN4O2. The van der Waals surface area contributed by atoms with E-state index in [0.717, 1.165) is 25.9 Å². The van der Waals surface area contributed by atoms with Crippen molar-refractivity contribution in [1.82, 2.24) is 4.90 Å². The highest BCUT2D eigenvalue weighted by atomic mass is 127. The Balaban J connectivity index is 0.00000200. The summed E-state index contributed by atoms with van der Waals surface area (Å²) in [4.78, 5) is 18.2. The molecule has 0 saturated carbocycles. The average Bonchev–Trinajstić information content (AvgIpc) is 2.46. The van der Waals surface area contributed by atoms with Crippen molar-refractivity contribution < 1.29 is 9.53 Å². The first-order valence-corrected chi connectivity index (χ1v) is 7.07. The number of nitrogens with zero attached hydrogens (tertiary/aromatic N) is 2. The first-order chi connectivity index (χ1) is 9.14. The number of nitrogens with two attached hydrogens (primary N) is 2. The van der Waals surface area contributed by atoms with E-state index >= 15 is 0 Å². The number of primary amides is 1. The molecule has 7 heteroatoms. The molecule has 2 rings (SSSR count). The van der Waals surface area contributed by atoms with Crippen LogP contribution < -0.4 is 11.5 Å². The predicted octanol–water partition coefficient (Wildman–Crippen LogP) is 0.687. The second-order valence-electron chi connectivity index (χ2n) is 5.48. The Labute approximate surface area is 137 Å². The number of aliphatic imine (C=N–C) groups is 1. The van der Waals surface area contributed by atoms with Crippen LogP contribution in [0.25, 0.3) is 0 Å². The minimum absolute atomic E-state index is 0. The number of hydrogen-bond acceptors (Lipinski definition) is 3. The van der Waals surface area contributed by atoms with Gasteiger partial charge in [0.05, 0.1) is 12.0 Å². The zero-order valence-corrected chi connectivity index (χ0v) is 14.2. The van der Waals surface area contributed by atoms with E-state index < -0.39 is 5.41 Å². The van der Waals surface area contributed by atoms with Crippen LogP contribution in [-0.2, 0) is 9.53 Å². The lowest BCUT2D eigenvalue weighted by molar-refractivity contribution is -0.132. The van der Waals surface area contributed by atoms with Crippen LogP contribution in [-0.4, -0.2) is 49.6 Å². The highest BCUT2D eigenvalue weighted by Gasteiger charge is 2.38. The summed E-state index contributed by atoms with van der Waals surface area (Å²) in [5, 5.41) is 0. The summed E-state index contributed by atoms with van der Waals surface area (Å²) >= 11 is 0. The average molecular weight is 396 g/mol. The number of amides is 1. The van der Waals surface area contributed by atoms with Gasteiger partial charge in [0.25, 0.3) is 0 Å². The highest BCUT2D eigenvalue weighted by molar-refractivity contribution is 14.0. The van der Waals surface area contributed by atoms with Gasteiger partial charge in [0.2, 0.25) is 5.91 Å². The molecule has 2 fully saturated rings. The number of carbonyl (C=O) groups is 1. The monoisotopic (exact) mass is 396 g/mol. The second kappa shape index (κ2) is 8.02. The number of guanidine groups is 1. The van der Waals surface area contributed by atoms with Gasteiger partial charge in [-0.1, -0.05) is 0 Å². The first-order valence-electron chi connectivity index (χ1n) is 7.07. The lowest BCUT2D eigenvalue weighted by Crippen LogP contribution is -2.46. The van der Waals surface area contributed by atoms with Crippen molar-refractivity contribution in [2.45, 2.75) is 32.1 Å². The van der Waals surface area contributed by atoms with Gasteiger partial charge in [-0.05, 0) is 32.1 Å². The van der Waals surface area contributed by atoms with Gasteiger partial charge in [-0.25, -0.2) is 0 Å². The van der Waals surface area contributed by atoms with Crippen LogP contribution >= 0.6 is 24.0 Å². The van der Waals surface area contributed by atoms with Crippen molar-refractivity contribution >= 4 is 35.8 Å². The predicted molar refractivity (Wildman–Crippen MR) is 89.0 cm³/mol. The summed E-state index contributed by atoms with van der Waals surface area (Å²) in [5.41, 5.74) is 11.0. The van der Waals surface area contributed by atoms with Crippen molar-refractivity contribution in [2.75, 3.05) is 32.8 Å². The molecule has 0 bridgehead atoms. The molecule has 4 N–H and O–H groups in total. The molecule has 1 amide bonds. The molecule has 0 aliphatic carbocycles. The molecule has 0 aromatic rings. The molecule has 2 aliphatic heterocycles. The fraction of sp³-hybridized carbons (Fsp3) is 0.846. The summed E-state index contributed by atoms with van der Waals surface area (Å²) in [6, 6.07) is 0. The third-order valence-electron chi connectivity index (χ3n) is 4.20.